The number of carbonyl (C=O) groups excluding carboxylic acids is 2. The number of methoxy groups -OCH3 is 1. The lowest BCUT2D eigenvalue weighted by Crippen LogP contribution is -2.30. The SMILES string of the molecule is COC(=O)CC(NC(=O)CCC(C)CN)c1cccs1. The molecule has 1 heterocycles. The van der Waals surface area contributed by atoms with Gasteiger partial charge in [-0.15, -0.1) is 11.3 Å². The second kappa shape index (κ2) is 8.71. The van der Waals surface area contributed by atoms with Crippen molar-refractivity contribution in [3.63, 3.8) is 0 Å². The van der Waals surface area contributed by atoms with Crippen LogP contribution < -0.4 is 11.1 Å². The molecule has 5 nitrogen and oxygen atoms in total. The molecule has 0 aromatic carbocycles. The Kier molecular flexibility index (Phi) is 7.25. The van der Waals surface area contributed by atoms with Gasteiger partial charge in [0, 0.05) is 11.3 Å². The van der Waals surface area contributed by atoms with Crippen LogP contribution in [-0.2, 0) is 14.3 Å². The zero-order chi connectivity index (χ0) is 15.0. The topological polar surface area (TPSA) is 81.4 Å². The summed E-state index contributed by atoms with van der Waals surface area (Å²) in [7, 11) is 1.35. The number of ether oxygens (including phenoxy) is 1. The molecular weight excluding hydrogens is 276 g/mol. The predicted octanol–water partition coefficient (Wildman–Crippen LogP) is 1.84. The van der Waals surface area contributed by atoms with Gasteiger partial charge in [0.2, 0.25) is 5.91 Å². The minimum atomic E-state index is -0.334. The maximum Gasteiger partial charge on any atom is 0.307 e. The molecule has 0 aliphatic heterocycles. The molecule has 3 N–H and O–H groups in total. The molecule has 0 radical (unpaired) electrons. The fourth-order valence-corrected chi connectivity index (χ4v) is 2.50. The number of nitrogens with two attached hydrogens (primary N) is 1. The van der Waals surface area contributed by atoms with Crippen molar-refractivity contribution in [3.05, 3.63) is 22.4 Å². The summed E-state index contributed by atoms with van der Waals surface area (Å²) in [5.74, 6) is -0.0758. The van der Waals surface area contributed by atoms with E-state index in [4.69, 9.17) is 5.73 Å². The largest absolute Gasteiger partial charge is 0.469 e. The van der Waals surface area contributed by atoms with E-state index in [1.54, 1.807) is 0 Å². The molecule has 0 saturated carbocycles. The minimum absolute atomic E-state index is 0.0624. The van der Waals surface area contributed by atoms with Gasteiger partial charge in [0.25, 0.3) is 0 Å². The van der Waals surface area contributed by atoms with Crippen molar-refractivity contribution in [2.75, 3.05) is 13.7 Å². The van der Waals surface area contributed by atoms with Gasteiger partial charge in [-0.1, -0.05) is 13.0 Å². The highest BCUT2D eigenvalue weighted by atomic mass is 32.1. The monoisotopic (exact) mass is 298 g/mol. The van der Waals surface area contributed by atoms with Crippen LogP contribution in [-0.4, -0.2) is 25.5 Å². The average molecular weight is 298 g/mol. The third-order valence-electron chi connectivity index (χ3n) is 3.09. The Bertz CT molecular complexity index is 420. The van der Waals surface area contributed by atoms with E-state index in [-0.39, 0.29) is 24.3 Å². The summed E-state index contributed by atoms with van der Waals surface area (Å²) in [4.78, 5) is 24.3. The second-order valence-electron chi connectivity index (χ2n) is 4.80. The van der Waals surface area contributed by atoms with Gasteiger partial charge in [-0.2, -0.15) is 0 Å². The molecule has 6 heteroatoms. The van der Waals surface area contributed by atoms with Crippen LogP contribution in [0.1, 0.15) is 37.1 Å². The van der Waals surface area contributed by atoms with Crippen LogP contribution in [0.4, 0.5) is 0 Å². The molecule has 0 aliphatic rings. The highest BCUT2D eigenvalue weighted by molar-refractivity contribution is 7.10. The van der Waals surface area contributed by atoms with Gasteiger partial charge in [-0.3, -0.25) is 9.59 Å². The Morgan fingerprint density at radius 1 is 1.50 bits per heavy atom. The number of hydrogen-bond acceptors (Lipinski definition) is 5. The third-order valence-corrected chi connectivity index (χ3v) is 4.07. The molecule has 0 aliphatic carbocycles. The Hall–Kier alpha value is -1.40. The molecule has 1 aromatic rings. The Morgan fingerprint density at radius 3 is 2.80 bits per heavy atom. The maximum atomic E-state index is 11.9. The molecule has 2 unspecified atom stereocenters. The summed E-state index contributed by atoms with van der Waals surface area (Å²) in [6.07, 6.45) is 1.31. The number of carbonyl (C=O) groups is 2. The van der Waals surface area contributed by atoms with Crippen molar-refractivity contribution in [2.45, 2.75) is 32.2 Å². The minimum Gasteiger partial charge on any atom is -0.469 e. The summed E-state index contributed by atoms with van der Waals surface area (Å²) in [5.41, 5.74) is 5.53. The molecule has 0 spiro atoms. The molecule has 1 amide bonds. The fourth-order valence-electron chi connectivity index (χ4n) is 1.72. The van der Waals surface area contributed by atoms with E-state index in [9.17, 15) is 9.59 Å². The molecular formula is C14H22N2O3S. The zero-order valence-electron chi connectivity index (χ0n) is 11.9. The van der Waals surface area contributed by atoms with Crippen LogP contribution in [0.3, 0.4) is 0 Å². The lowest BCUT2D eigenvalue weighted by molar-refractivity contribution is -0.141. The Morgan fingerprint density at radius 2 is 2.25 bits per heavy atom. The van der Waals surface area contributed by atoms with Crippen molar-refractivity contribution < 1.29 is 14.3 Å². The summed E-state index contributed by atoms with van der Waals surface area (Å²) in [6.45, 7) is 2.59. The fraction of sp³-hybridized carbons (Fsp3) is 0.571. The van der Waals surface area contributed by atoms with Crippen LogP contribution in [0.5, 0.6) is 0 Å². The van der Waals surface area contributed by atoms with E-state index in [1.165, 1.54) is 18.4 Å². The number of esters is 1. The highest BCUT2D eigenvalue weighted by Crippen LogP contribution is 2.22. The molecule has 0 fully saturated rings. The van der Waals surface area contributed by atoms with E-state index < -0.39 is 0 Å². The lowest BCUT2D eigenvalue weighted by atomic mass is 10.1. The summed E-state index contributed by atoms with van der Waals surface area (Å²) >= 11 is 1.51. The first-order valence-electron chi connectivity index (χ1n) is 6.66. The molecule has 112 valence electrons. The van der Waals surface area contributed by atoms with Crippen molar-refractivity contribution in [1.82, 2.24) is 5.32 Å². The van der Waals surface area contributed by atoms with Crippen molar-refractivity contribution in [2.24, 2.45) is 11.7 Å². The second-order valence-corrected chi connectivity index (χ2v) is 5.77. The molecule has 20 heavy (non-hydrogen) atoms. The first-order chi connectivity index (χ1) is 9.56. The molecule has 0 bridgehead atoms. The first kappa shape index (κ1) is 16.7. The average Bonchev–Trinajstić information content (AvgIpc) is 2.97. The Labute approximate surface area is 123 Å². The number of nitrogens with one attached hydrogen (secondary N) is 1. The van der Waals surface area contributed by atoms with Crippen LogP contribution in [0.25, 0.3) is 0 Å². The van der Waals surface area contributed by atoms with Gasteiger partial charge in [0.05, 0.1) is 19.6 Å². The normalized spacial score (nSPS) is 13.6. The highest BCUT2D eigenvalue weighted by Gasteiger charge is 2.19. The van der Waals surface area contributed by atoms with Crippen molar-refractivity contribution in [1.29, 1.82) is 0 Å². The lowest BCUT2D eigenvalue weighted by Gasteiger charge is -2.17. The van der Waals surface area contributed by atoms with E-state index >= 15 is 0 Å². The van der Waals surface area contributed by atoms with E-state index in [2.05, 4.69) is 10.1 Å². The molecule has 1 rings (SSSR count). The number of rotatable bonds is 8. The number of hydrogen-bond donors (Lipinski definition) is 2. The van der Waals surface area contributed by atoms with Crippen LogP contribution >= 0.6 is 11.3 Å². The molecule has 2 atom stereocenters. The van der Waals surface area contributed by atoms with Crippen LogP contribution in [0.15, 0.2) is 17.5 Å². The third kappa shape index (κ3) is 5.71. The van der Waals surface area contributed by atoms with E-state index in [0.29, 0.717) is 18.9 Å². The predicted molar refractivity (Wildman–Crippen MR) is 79.3 cm³/mol. The number of thiophene rings is 1. The summed E-state index contributed by atoms with van der Waals surface area (Å²) < 4.78 is 4.67. The van der Waals surface area contributed by atoms with Gasteiger partial charge >= 0.3 is 5.97 Å². The van der Waals surface area contributed by atoms with Crippen LogP contribution in [0.2, 0.25) is 0 Å². The molecule has 1 aromatic heterocycles. The van der Waals surface area contributed by atoms with Gasteiger partial charge in [-0.25, -0.2) is 0 Å². The van der Waals surface area contributed by atoms with Gasteiger partial charge in [0.15, 0.2) is 0 Å². The van der Waals surface area contributed by atoms with E-state index in [0.717, 1.165) is 11.3 Å². The van der Waals surface area contributed by atoms with Crippen molar-refractivity contribution in [3.8, 4) is 0 Å². The Balaban J connectivity index is 2.56. The maximum absolute atomic E-state index is 11.9. The quantitative estimate of drug-likeness (QED) is 0.718. The smallest absolute Gasteiger partial charge is 0.307 e. The first-order valence-corrected chi connectivity index (χ1v) is 7.54. The van der Waals surface area contributed by atoms with Crippen molar-refractivity contribution >= 4 is 23.2 Å². The van der Waals surface area contributed by atoms with E-state index in [1.807, 2.05) is 24.4 Å². The summed E-state index contributed by atoms with van der Waals surface area (Å²) in [6, 6.07) is 3.48. The van der Waals surface area contributed by atoms with Gasteiger partial charge in [-0.05, 0) is 30.3 Å². The van der Waals surface area contributed by atoms with Crippen LogP contribution in [0, 0.1) is 5.92 Å². The molecule has 0 saturated heterocycles. The standard InChI is InChI=1S/C14H22N2O3S/c1-10(9-15)5-6-13(17)16-11(8-14(18)19-2)12-4-3-7-20-12/h3-4,7,10-11H,5-6,8-9,15H2,1-2H3,(H,16,17). The van der Waals surface area contributed by atoms with Gasteiger partial charge < -0.3 is 15.8 Å². The summed E-state index contributed by atoms with van der Waals surface area (Å²) in [5, 5.41) is 4.81. The zero-order valence-corrected chi connectivity index (χ0v) is 12.7. The number of amides is 1. The van der Waals surface area contributed by atoms with Gasteiger partial charge in [0.1, 0.15) is 0 Å².